The van der Waals surface area contributed by atoms with E-state index < -0.39 is 0 Å². The van der Waals surface area contributed by atoms with Crippen LogP contribution < -0.4 is 0 Å². The second kappa shape index (κ2) is 5.59. The van der Waals surface area contributed by atoms with Crippen molar-refractivity contribution in [3.63, 3.8) is 0 Å². The number of alkyl halides is 1. The largest absolute Gasteiger partial charge is 0.278 e. The van der Waals surface area contributed by atoms with Crippen LogP contribution in [0.5, 0.6) is 0 Å². The molecule has 0 bridgehead atoms. The topological polar surface area (TPSA) is 30.7 Å². The Morgan fingerprint density at radius 1 is 1.29 bits per heavy atom. The summed E-state index contributed by atoms with van der Waals surface area (Å²) in [5, 5.41) is 0.431. The van der Waals surface area contributed by atoms with Gasteiger partial charge in [-0.2, -0.15) is 0 Å². The molecule has 1 atom stereocenters. The van der Waals surface area contributed by atoms with Gasteiger partial charge in [-0.3, -0.25) is 4.57 Å². The van der Waals surface area contributed by atoms with Crippen LogP contribution in [-0.2, 0) is 0 Å². The summed E-state index contributed by atoms with van der Waals surface area (Å²) < 4.78 is 2.84. The van der Waals surface area contributed by atoms with Gasteiger partial charge in [0.2, 0.25) is 0 Å². The summed E-state index contributed by atoms with van der Waals surface area (Å²) >= 11 is 15.9. The summed E-state index contributed by atoms with van der Waals surface area (Å²) in [5.74, 6) is 0.761. The van der Waals surface area contributed by atoms with Crippen molar-refractivity contribution < 1.29 is 0 Å². The van der Waals surface area contributed by atoms with E-state index in [0.29, 0.717) is 5.02 Å². The van der Waals surface area contributed by atoms with Gasteiger partial charge < -0.3 is 0 Å². The maximum atomic E-state index is 6.31. The molecule has 0 saturated heterocycles. The zero-order valence-electron chi connectivity index (χ0n) is 11.4. The summed E-state index contributed by atoms with van der Waals surface area (Å²) in [6.45, 7) is 3.92. The molecule has 1 aromatic carbocycles. The molecule has 2 heterocycles. The quantitative estimate of drug-likeness (QED) is 0.550. The van der Waals surface area contributed by atoms with Gasteiger partial charge in [-0.25, -0.2) is 9.97 Å². The minimum atomic E-state index is -0.235. The first-order valence-electron chi connectivity index (χ1n) is 6.42. The number of halogens is 3. The third-order valence-electron chi connectivity index (χ3n) is 3.28. The minimum Gasteiger partial charge on any atom is -0.278 e. The normalized spacial score (nSPS) is 12.8. The second-order valence-corrected chi connectivity index (χ2v) is 6.76. The molecule has 0 fully saturated rings. The maximum Gasteiger partial charge on any atom is 0.165 e. The molecule has 3 aromatic rings. The molecule has 3 nitrogen and oxygen atoms in total. The highest BCUT2D eigenvalue weighted by Crippen LogP contribution is 2.32. The number of aromatic nitrogens is 3. The molecule has 21 heavy (non-hydrogen) atoms. The molecule has 6 heteroatoms. The van der Waals surface area contributed by atoms with Crippen LogP contribution in [0, 0.1) is 6.92 Å². The van der Waals surface area contributed by atoms with Gasteiger partial charge in [0.25, 0.3) is 0 Å². The van der Waals surface area contributed by atoms with Crippen LogP contribution >= 0.6 is 39.1 Å². The van der Waals surface area contributed by atoms with Crippen LogP contribution in [0.4, 0.5) is 0 Å². The van der Waals surface area contributed by atoms with E-state index in [2.05, 4.69) is 25.9 Å². The lowest BCUT2D eigenvalue weighted by Crippen LogP contribution is -2.03. The van der Waals surface area contributed by atoms with E-state index >= 15 is 0 Å². The zero-order chi connectivity index (χ0) is 15.1. The maximum absolute atomic E-state index is 6.31. The van der Waals surface area contributed by atoms with Crippen molar-refractivity contribution in [2.24, 2.45) is 0 Å². The van der Waals surface area contributed by atoms with Gasteiger partial charge >= 0.3 is 0 Å². The second-order valence-electron chi connectivity index (χ2n) is 4.82. The summed E-state index contributed by atoms with van der Waals surface area (Å²) in [7, 11) is 0. The SMILES string of the molecule is Cc1ccnc2c1nc(C(C)Cl)n2-c1ccc(Cl)cc1Br. The van der Waals surface area contributed by atoms with Gasteiger partial charge in [-0.15, -0.1) is 11.6 Å². The standard InChI is InChI=1S/C15H12BrCl2N3/c1-8-5-6-19-15-13(8)20-14(9(2)17)21(15)12-4-3-10(18)7-11(12)16/h3-7,9H,1-2H3. The van der Waals surface area contributed by atoms with Crippen molar-refractivity contribution in [3.05, 3.63) is 51.3 Å². The van der Waals surface area contributed by atoms with Gasteiger partial charge in [0.1, 0.15) is 11.3 Å². The third kappa shape index (κ3) is 2.56. The van der Waals surface area contributed by atoms with Crippen LogP contribution in [0.15, 0.2) is 34.9 Å². The molecule has 2 aromatic heterocycles. The molecule has 0 amide bonds. The van der Waals surface area contributed by atoms with Crippen molar-refractivity contribution in [2.45, 2.75) is 19.2 Å². The number of pyridine rings is 1. The Hall–Kier alpha value is -1.10. The molecule has 0 N–H and O–H groups in total. The smallest absolute Gasteiger partial charge is 0.165 e. The first kappa shape index (κ1) is 14.8. The fourth-order valence-electron chi connectivity index (χ4n) is 2.28. The van der Waals surface area contributed by atoms with Gasteiger partial charge in [0, 0.05) is 15.7 Å². The first-order chi connectivity index (χ1) is 9.99. The van der Waals surface area contributed by atoms with E-state index in [4.69, 9.17) is 23.2 Å². The highest BCUT2D eigenvalue weighted by Gasteiger charge is 2.19. The summed E-state index contributed by atoms with van der Waals surface area (Å²) in [5.41, 5.74) is 3.65. The molecule has 0 aliphatic rings. The Morgan fingerprint density at radius 3 is 2.71 bits per heavy atom. The van der Waals surface area contributed by atoms with Crippen LogP contribution in [0.1, 0.15) is 23.7 Å². The van der Waals surface area contributed by atoms with Crippen molar-refractivity contribution in [3.8, 4) is 5.69 Å². The van der Waals surface area contributed by atoms with E-state index in [1.807, 2.05) is 42.7 Å². The molecule has 1 unspecified atom stereocenters. The number of rotatable bonds is 2. The number of aryl methyl sites for hydroxylation is 1. The number of nitrogens with zero attached hydrogens (tertiary/aromatic N) is 3. The lowest BCUT2D eigenvalue weighted by molar-refractivity contribution is 0.874. The number of benzene rings is 1. The van der Waals surface area contributed by atoms with Crippen LogP contribution in [0.25, 0.3) is 16.9 Å². The van der Waals surface area contributed by atoms with Crippen LogP contribution in [0.2, 0.25) is 5.02 Å². The first-order valence-corrected chi connectivity index (χ1v) is 8.03. The monoisotopic (exact) mass is 383 g/mol. The molecular weight excluding hydrogens is 373 g/mol. The van der Waals surface area contributed by atoms with Crippen molar-refractivity contribution in [2.75, 3.05) is 0 Å². The van der Waals surface area contributed by atoms with E-state index in [-0.39, 0.29) is 5.38 Å². The van der Waals surface area contributed by atoms with E-state index in [1.54, 1.807) is 6.20 Å². The van der Waals surface area contributed by atoms with Crippen molar-refractivity contribution >= 4 is 50.3 Å². The third-order valence-corrected chi connectivity index (χ3v) is 4.35. The summed E-state index contributed by atoms with van der Waals surface area (Å²) in [6, 6.07) is 7.56. The molecule has 0 aliphatic heterocycles. The average Bonchev–Trinajstić information content (AvgIpc) is 2.80. The van der Waals surface area contributed by atoms with E-state index in [9.17, 15) is 0 Å². The van der Waals surface area contributed by atoms with Gasteiger partial charge in [0.05, 0.1) is 11.1 Å². The van der Waals surface area contributed by atoms with Gasteiger partial charge in [-0.1, -0.05) is 11.6 Å². The van der Waals surface area contributed by atoms with Crippen LogP contribution in [0.3, 0.4) is 0 Å². The number of imidazole rings is 1. The molecule has 0 aliphatic carbocycles. The fourth-order valence-corrected chi connectivity index (χ4v) is 3.28. The Kier molecular flexibility index (Phi) is 3.95. The Bertz CT molecular complexity index is 827. The van der Waals surface area contributed by atoms with Gasteiger partial charge in [0.15, 0.2) is 5.65 Å². The molecule has 108 valence electrons. The summed E-state index contributed by atoms with van der Waals surface area (Å²) in [4.78, 5) is 9.14. The number of fused-ring (bicyclic) bond motifs is 1. The van der Waals surface area contributed by atoms with Crippen LogP contribution in [-0.4, -0.2) is 14.5 Å². The number of hydrogen-bond donors (Lipinski definition) is 0. The number of hydrogen-bond acceptors (Lipinski definition) is 2. The molecule has 0 spiro atoms. The zero-order valence-corrected chi connectivity index (χ0v) is 14.5. The lowest BCUT2D eigenvalue weighted by Gasteiger charge is -2.12. The predicted octanol–water partition coefficient (Wildman–Crippen LogP) is 5.44. The Morgan fingerprint density at radius 2 is 2.05 bits per heavy atom. The Balaban J connectivity index is 2.39. The minimum absolute atomic E-state index is 0.235. The highest BCUT2D eigenvalue weighted by molar-refractivity contribution is 9.10. The summed E-state index contributed by atoms with van der Waals surface area (Å²) in [6.07, 6.45) is 1.78. The highest BCUT2D eigenvalue weighted by atomic mass is 79.9. The van der Waals surface area contributed by atoms with E-state index in [0.717, 1.165) is 32.7 Å². The van der Waals surface area contributed by atoms with Crippen molar-refractivity contribution in [1.29, 1.82) is 0 Å². The predicted molar refractivity (Wildman–Crippen MR) is 90.6 cm³/mol. The van der Waals surface area contributed by atoms with E-state index in [1.165, 1.54) is 0 Å². The lowest BCUT2D eigenvalue weighted by atomic mass is 10.2. The average molecular weight is 385 g/mol. The fraction of sp³-hybridized carbons (Fsp3) is 0.200. The Labute approximate surface area is 141 Å². The molecule has 0 saturated carbocycles. The molecule has 0 radical (unpaired) electrons. The van der Waals surface area contributed by atoms with Gasteiger partial charge in [-0.05, 0) is 59.6 Å². The molecule has 3 rings (SSSR count). The molecular formula is C15H12BrCl2N3. The van der Waals surface area contributed by atoms with Crippen molar-refractivity contribution in [1.82, 2.24) is 14.5 Å².